The van der Waals surface area contributed by atoms with E-state index in [1.165, 1.54) is 22.0 Å². The van der Waals surface area contributed by atoms with Crippen LogP contribution in [0, 0.1) is 0 Å². The zero-order chi connectivity index (χ0) is 13.0. The molecule has 0 saturated carbocycles. The maximum atomic E-state index is 4.68. The third kappa shape index (κ3) is 3.40. The van der Waals surface area contributed by atoms with Crippen molar-refractivity contribution in [3.05, 3.63) is 38.5 Å². The Balaban J connectivity index is 1.95. The summed E-state index contributed by atoms with van der Waals surface area (Å²) in [6.45, 7) is 5.39. The second kappa shape index (κ2) is 6.45. The first-order valence-electron chi connectivity index (χ1n) is 6.37. The van der Waals surface area contributed by atoms with Crippen molar-refractivity contribution in [2.75, 3.05) is 7.05 Å². The maximum absolute atomic E-state index is 4.68. The van der Waals surface area contributed by atoms with Crippen molar-refractivity contribution >= 4 is 22.7 Å². The SMILES string of the molecule is CCCc1nc(CN(C)C(C)c2cccs2)cs1. The largest absolute Gasteiger partial charge is 0.293 e. The van der Waals surface area contributed by atoms with Crippen LogP contribution in [0.2, 0.25) is 0 Å². The lowest BCUT2D eigenvalue weighted by molar-refractivity contribution is 0.254. The second-order valence-electron chi connectivity index (χ2n) is 4.59. The number of thiophene rings is 1. The van der Waals surface area contributed by atoms with Crippen LogP contribution in [0.1, 0.15) is 41.9 Å². The van der Waals surface area contributed by atoms with Crippen LogP contribution < -0.4 is 0 Å². The van der Waals surface area contributed by atoms with E-state index in [2.05, 4.69) is 53.7 Å². The van der Waals surface area contributed by atoms with E-state index in [0.717, 1.165) is 13.0 Å². The predicted molar refractivity (Wildman–Crippen MR) is 80.3 cm³/mol. The summed E-state index contributed by atoms with van der Waals surface area (Å²) >= 11 is 3.61. The van der Waals surface area contributed by atoms with Gasteiger partial charge in [0.1, 0.15) is 0 Å². The van der Waals surface area contributed by atoms with E-state index in [9.17, 15) is 0 Å². The van der Waals surface area contributed by atoms with Gasteiger partial charge in [-0.2, -0.15) is 0 Å². The lowest BCUT2D eigenvalue weighted by Gasteiger charge is -2.22. The fourth-order valence-electron chi connectivity index (χ4n) is 1.89. The summed E-state index contributed by atoms with van der Waals surface area (Å²) in [6.07, 6.45) is 2.28. The van der Waals surface area contributed by atoms with Crippen molar-refractivity contribution in [1.29, 1.82) is 0 Å². The highest BCUT2D eigenvalue weighted by Gasteiger charge is 2.14. The number of rotatable bonds is 6. The van der Waals surface area contributed by atoms with Gasteiger partial charge in [-0.05, 0) is 38.3 Å². The zero-order valence-electron chi connectivity index (χ0n) is 11.2. The summed E-state index contributed by atoms with van der Waals surface area (Å²) in [5.41, 5.74) is 1.20. The quantitative estimate of drug-likeness (QED) is 0.782. The molecule has 2 aromatic heterocycles. The van der Waals surface area contributed by atoms with E-state index in [1.54, 1.807) is 11.3 Å². The molecule has 0 aliphatic heterocycles. The van der Waals surface area contributed by atoms with E-state index >= 15 is 0 Å². The van der Waals surface area contributed by atoms with Crippen LogP contribution in [-0.4, -0.2) is 16.9 Å². The van der Waals surface area contributed by atoms with Crippen molar-refractivity contribution < 1.29 is 0 Å². The topological polar surface area (TPSA) is 16.1 Å². The highest BCUT2D eigenvalue weighted by Crippen LogP contribution is 2.25. The molecule has 0 saturated heterocycles. The average molecular weight is 280 g/mol. The Labute approximate surface area is 117 Å². The summed E-state index contributed by atoms with van der Waals surface area (Å²) in [5, 5.41) is 5.61. The molecule has 2 aromatic rings. The molecule has 0 fully saturated rings. The van der Waals surface area contributed by atoms with Crippen LogP contribution >= 0.6 is 22.7 Å². The van der Waals surface area contributed by atoms with E-state index in [1.807, 2.05) is 11.3 Å². The molecule has 0 N–H and O–H groups in total. The Kier molecular flexibility index (Phi) is 4.92. The van der Waals surface area contributed by atoms with Gasteiger partial charge < -0.3 is 0 Å². The molecule has 1 unspecified atom stereocenters. The van der Waals surface area contributed by atoms with Crippen LogP contribution in [0.25, 0.3) is 0 Å². The molecule has 0 radical (unpaired) electrons. The van der Waals surface area contributed by atoms with Gasteiger partial charge in [0.25, 0.3) is 0 Å². The number of aromatic nitrogens is 1. The summed E-state index contributed by atoms with van der Waals surface area (Å²) in [7, 11) is 2.17. The molecule has 4 heteroatoms. The Morgan fingerprint density at radius 2 is 2.22 bits per heavy atom. The molecule has 98 valence electrons. The minimum absolute atomic E-state index is 0.460. The summed E-state index contributed by atoms with van der Waals surface area (Å²) in [4.78, 5) is 8.46. The highest BCUT2D eigenvalue weighted by atomic mass is 32.1. The molecule has 0 spiro atoms. The standard InChI is InChI=1S/C14H20N2S2/c1-4-6-14-15-12(10-18-14)9-16(3)11(2)13-7-5-8-17-13/h5,7-8,10-11H,4,6,9H2,1-3H3. The minimum Gasteiger partial charge on any atom is -0.293 e. The van der Waals surface area contributed by atoms with Gasteiger partial charge in [-0.3, -0.25) is 4.90 Å². The Morgan fingerprint density at radius 3 is 2.89 bits per heavy atom. The van der Waals surface area contributed by atoms with Crippen molar-refractivity contribution in [3.63, 3.8) is 0 Å². The minimum atomic E-state index is 0.460. The van der Waals surface area contributed by atoms with Crippen LogP contribution in [0.4, 0.5) is 0 Å². The van der Waals surface area contributed by atoms with Crippen LogP contribution in [-0.2, 0) is 13.0 Å². The normalized spacial score (nSPS) is 13.1. The van der Waals surface area contributed by atoms with Crippen LogP contribution in [0.3, 0.4) is 0 Å². The number of thiazole rings is 1. The number of hydrogen-bond acceptors (Lipinski definition) is 4. The van der Waals surface area contributed by atoms with E-state index < -0.39 is 0 Å². The smallest absolute Gasteiger partial charge is 0.0928 e. The van der Waals surface area contributed by atoms with Gasteiger partial charge in [0, 0.05) is 22.8 Å². The average Bonchev–Trinajstić information content (AvgIpc) is 3.00. The summed E-state index contributed by atoms with van der Waals surface area (Å²) in [6, 6.07) is 4.78. The van der Waals surface area contributed by atoms with E-state index in [0.29, 0.717) is 6.04 Å². The van der Waals surface area contributed by atoms with Crippen LogP contribution in [0.15, 0.2) is 22.9 Å². The van der Waals surface area contributed by atoms with E-state index in [4.69, 9.17) is 0 Å². The van der Waals surface area contributed by atoms with Gasteiger partial charge in [0.15, 0.2) is 0 Å². The van der Waals surface area contributed by atoms with Gasteiger partial charge >= 0.3 is 0 Å². The molecule has 0 aliphatic carbocycles. The van der Waals surface area contributed by atoms with Gasteiger partial charge in [-0.15, -0.1) is 22.7 Å². The Hall–Kier alpha value is -0.710. The summed E-state index contributed by atoms with van der Waals surface area (Å²) in [5.74, 6) is 0. The molecule has 0 bridgehead atoms. The maximum Gasteiger partial charge on any atom is 0.0928 e. The summed E-state index contributed by atoms with van der Waals surface area (Å²) < 4.78 is 0. The lowest BCUT2D eigenvalue weighted by atomic mass is 10.2. The molecule has 18 heavy (non-hydrogen) atoms. The number of hydrogen-bond donors (Lipinski definition) is 0. The Bertz CT molecular complexity index is 462. The van der Waals surface area contributed by atoms with Gasteiger partial charge in [0.2, 0.25) is 0 Å². The molecular formula is C14H20N2S2. The lowest BCUT2D eigenvalue weighted by Crippen LogP contribution is -2.21. The zero-order valence-corrected chi connectivity index (χ0v) is 12.9. The molecule has 2 heterocycles. The fourth-order valence-corrected chi connectivity index (χ4v) is 3.63. The predicted octanol–water partition coefficient (Wildman–Crippen LogP) is 4.35. The van der Waals surface area contributed by atoms with Gasteiger partial charge in [-0.1, -0.05) is 13.0 Å². The third-order valence-electron chi connectivity index (χ3n) is 3.09. The molecule has 0 amide bonds. The first kappa shape index (κ1) is 13.7. The van der Waals surface area contributed by atoms with Crippen LogP contribution in [0.5, 0.6) is 0 Å². The van der Waals surface area contributed by atoms with E-state index in [-0.39, 0.29) is 0 Å². The van der Waals surface area contributed by atoms with Crippen molar-refractivity contribution in [2.45, 2.75) is 39.3 Å². The molecule has 0 aromatic carbocycles. The monoisotopic (exact) mass is 280 g/mol. The van der Waals surface area contributed by atoms with Gasteiger partial charge in [-0.25, -0.2) is 4.98 Å². The fraction of sp³-hybridized carbons (Fsp3) is 0.500. The molecule has 1 atom stereocenters. The number of aryl methyl sites for hydroxylation is 1. The first-order chi connectivity index (χ1) is 8.70. The molecule has 2 rings (SSSR count). The number of nitrogens with zero attached hydrogens (tertiary/aromatic N) is 2. The van der Waals surface area contributed by atoms with Crippen molar-refractivity contribution in [2.24, 2.45) is 0 Å². The third-order valence-corrected chi connectivity index (χ3v) is 5.09. The second-order valence-corrected chi connectivity index (χ2v) is 6.51. The van der Waals surface area contributed by atoms with Crippen molar-refractivity contribution in [3.8, 4) is 0 Å². The highest BCUT2D eigenvalue weighted by molar-refractivity contribution is 7.10. The Morgan fingerprint density at radius 1 is 1.39 bits per heavy atom. The molecular weight excluding hydrogens is 260 g/mol. The first-order valence-corrected chi connectivity index (χ1v) is 8.13. The molecule has 0 aliphatic rings. The van der Waals surface area contributed by atoms with Crippen molar-refractivity contribution in [1.82, 2.24) is 9.88 Å². The van der Waals surface area contributed by atoms with Gasteiger partial charge in [0.05, 0.1) is 10.7 Å². The molecule has 2 nitrogen and oxygen atoms in total.